The Morgan fingerprint density at radius 3 is 2.79 bits per heavy atom. The quantitative estimate of drug-likeness (QED) is 0.938. The maximum Gasteiger partial charge on any atom is 0.387 e. The van der Waals surface area contributed by atoms with E-state index in [4.69, 9.17) is 17.3 Å². The van der Waals surface area contributed by atoms with E-state index in [0.29, 0.717) is 17.0 Å². The number of hydrogen-bond acceptors (Lipinski definition) is 4. The van der Waals surface area contributed by atoms with Gasteiger partial charge in [-0.2, -0.15) is 8.78 Å². The van der Waals surface area contributed by atoms with Gasteiger partial charge in [-0.15, -0.1) is 0 Å². The van der Waals surface area contributed by atoms with Crippen LogP contribution in [0.2, 0.25) is 5.02 Å². The van der Waals surface area contributed by atoms with Crippen molar-refractivity contribution in [3.8, 4) is 17.0 Å². The van der Waals surface area contributed by atoms with Crippen LogP contribution in [0.15, 0.2) is 30.6 Å². The summed E-state index contributed by atoms with van der Waals surface area (Å²) in [6.07, 6.45) is 3.05. The van der Waals surface area contributed by atoms with Gasteiger partial charge in [-0.3, -0.25) is 4.98 Å². The van der Waals surface area contributed by atoms with Crippen LogP contribution < -0.4 is 10.5 Å². The fourth-order valence-electron chi connectivity index (χ4n) is 1.49. The van der Waals surface area contributed by atoms with Crippen LogP contribution in [0, 0.1) is 0 Å². The Bertz CT molecular complexity index is 581. The van der Waals surface area contributed by atoms with E-state index in [0.717, 1.165) is 0 Å². The molecule has 0 aliphatic rings. The molecule has 0 saturated heterocycles. The van der Waals surface area contributed by atoms with Crippen molar-refractivity contribution < 1.29 is 13.5 Å². The Kier molecular flexibility index (Phi) is 4.24. The molecule has 1 aromatic heterocycles. The average molecular weight is 286 g/mol. The van der Waals surface area contributed by atoms with Crippen LogP contribution in [0.5, 0.6) is 5.75 Å². The molecule has 0 atom stereocenters. The van der Waals surface area contributed by atoms with Gasteiger partial charge in [0, 0.05) is 18.3 Å². The summed E-state index contributed by atoms with van der Waals surface area (Å²) in [6, 6.07) is 4.50. The summed E-state index contributed by atoms with van der Waals surface area (Å²) in [6.45, 7) is -2.69. The largest absolute Gasteiger partial charge is 0.433 e. The monoisotopic (exact) mass is 285 g/mol. The number of halogens is 3. The highest BCUT2D eigenvalue weighted by Gasteiger charge is 2.11. The minimum Gasteiger partial charge on any atom is -0.433 e. The third kappa shape index (κ3) is 3.36. The summed E-state index contributed by atoms with van der Waals surface area (Å²) in [5.41, 5.74) is 7.15. The zero-order valence-electron chi connectivity index (χ0n) is 9.69. The molecule has 0 fully saturated rings. The third-order valence-electron chi connectivity index (χ3n) is 2.34. The molecule has 2 N–H and O–H groups in total. The van der Waals surface area contributed by atoms with Gasteiger partial charge in [-0.1, -0.05) is 17.7 Å². The molecular weight excluding hydrogens is 276 g/mol. The number of rotatable bonds is 4. The first-order chi connectivity index (χ1) is 9.10. The van der Waals surface area contributed by atoms with Gasteiger partial charge in [0.1, 0.15) is 5.75 Å². The number of alkyl halides is 2. The Morgan fingerprint density at radius 1 is 1.32 bits per heavy atom. The maximum absolute atomic E-state index is 12.2. The molecule has 19 heavy (non-hydrogen) atoms. The van der Waals surface area contributed by atoms with E-state index in [9.17, 15) is 8.78 Å². The first-order valence-corrected chi connectivity index (χ1v) is 5.73. The molecule has 0 aliphatic heterocycles. The smallest absolute Gasteiger partial charge is 0.387 e. The van der Waals surface area contributed by atoms with Gasteiger partial charge in [-0.25, -0.2) is 4.98 Å². The maximum atomic E-state index is 12.2. The van der Waals surface area contributed by atoms with Crippen molar-refractivity contribution in [3.05, 3.63) is 41.3 Å². The van der Waals surface area contributed by atoms with Crippen LogP contribution in [0.25, 0.3) is 11.3 Å². The van der Waals surface area contributed by atoms with Crippen LogP contribution >= 0.6 is 11.6 Å². The molecule has 0 unspecified atom stereocenters. The van der Waals surface area contributed by atoms with Crippen molar-refractivity contribution >= 4 is 11.6 Å². The van der Waals surface area contributed by atoms with Gasteiger partial charge in [-0.05, 0) is 12.1 Å². The normalized spacial score (nSPS) is 10.8. The predicted molar refractivity (Wildman–Crippen MR) is 67.0 cm³/mol. The van der Waals surface area contributed by atoms with E-state index in [1.807, 2.05) is 0 Å². The number of benzene rings is 1. The Hall–Kier alpha value is -1.79. The van der Waals surface area contributed by atoms with Crippen LogP contribution in [0.3, 0.4) is 0 Å². The zero-order valence-corrected chi connectivity index (χ0v) is 10.4. The van der Waals surface area contributed by atoms with Crippen LogP contribution in [-0.2, 0) is 6.54 Å². The molecule has 4 nitrogen and oxygen atoms in total. The van der Waals surface area contributed by atoms with Crippen LogP contribution in [-0.4, -0.2) is 16.6 Å². The number of nitrogens with zero attached hydrogens (tertiary/aromatic N) is 2. The molecule has 0 saturated carbocycles. The average Bonchev–Trinajstić information content (AvgIpc) is 2.41. The summed E-state index contributed by atoms with van der Waals surface area (Å²) in [5.74, 6) is -0.103. The highest BCUT2D eigenvalue weighted by atomic mass is 35.5. The van der Waals surface area contributed by atoms with Gasteiger partial charge in [0.05, 0.1) is 22.6 Å². The van der Waals surface area contributed by atoms with Gasteiger partial charge < -0.3 is 10.5 Å². The van der Waals surface area contributed by atoms with E-state index >= 15 is 0 Å². The second-order valence-electron chi connectivity index (χ2n) is 3.62. The SMILES string of the molecule is NCc1cncc(-c2ccc(Cl)c(OC(F)F)c2)n1. The molecule has 0 amide bonds. The topological polar surface area (TPSA) is 61.0 Å². The number of hydrogen-bond donors (Lipinski definition) is 1. The first-order valence-electron chi connectivity index (χ1n) is 5.36. The lowest BCUT2D eigenvalue weighted by atomic mass is 10.1. The summed E-state index contributed by atoms with van der Waals surface area (Å²) < 4.78 is 28.8. The molecule has 7 heteroatoms. The van der Waals surface area contributed by atoms with Gasteiger partial charge in [0.15, 0.2) is 0 Å². The second kappa shape index (κ2) is 5.90. The molecule has 100 valence electrons. The summed E-state index contributed by atoms with van der Waals surface area (Å²) in [4.78, 5) is 8.22. The molecule has 1 aromatic carbocycles. The number of aromatic nitrogens is 2. The van der Waals surface area contributed by atoms with Crippen LogP contribution in [0.1, 0.15) is 5.69 Å². The molecule has 0 radical (unpaired) electrons. The molecule has 0 aliphatic carbocycles. The predicted octanol–water partition coefficient (Wildman–Crippen LogP) is 2.86. The van der Waals surface area contributed by atoms with Gasteiger partial charge >= 0.3 is 6.61 Å². The van der Waals surface area contributed by atoms with Crippen molar-refractivity contribution in [1.82, 2.24) is 9.97 Å². The summed E-state index contributed by atoms with van der Waals surface area (Å²) in [5, 5.41) is 0.104. The number of ether oxygens (including phenoxy) is 1. The standard InChI is InChI=1S/C12H10ClF2N3O/c13-9-2-1-7(3-11(9)19-12(14)15)10-6-17-5-8(4-16)18-10/h1-3,5-6,12H,4,16H2. The lowest BCUT2D eigenvalue weighted by molar-refractivity contribution is -0.0497. The number of nitrogens with two attached hydrogens (primary N) is 1. The van der Waals surface area contributed by atoms with Gasteiger partial charge in [0.2, 0.25) is 0 Å². The van der Waals surface area contributed by atoms with E-state index in [2.05, 4.69) is 14.7 Å². The highest BCUT2D eigenvalue weighted by Crippen LogP contribution is 2.30. The molecule has 2 rings (SSSR count). The lowest BCUT2D eigenvalue weighted by Crippen LogP contribution is -2.03. The fraction of sp³-hybridized carbons (Fsp3) is 0.167. The van der Waals surface area contributed by atoms with Gasteiger partial charge in [0.25, 0.3) is 0 Å². The van der Waals surface area contributed by atoms with Crippen molar-refractivity contribution in [2.24, 2.45) is 5.73 Å². The molecule has 0 bridgehead atoms. The minimum absolute atomic E-state index is 0.103. The first kappa shape index (κ1) is 13.6. The van der Waals surface area contributed by atoms with Crippen molar-refractivity contribution in [2.45, 2.75) is 13.2 Å². The van der Waals surface area contributed by atoms with Crippen molar-refractivity contribution in [3.63, 3.8) is 0 Å². The van der Waals surface area contributed by atoms with Crippen molar-refractivity contribution in [2.75, 3.05) is 0 Å². The minimum atomic E-state index is -2.94. The van der Waals surface area contributed by atoms with E-state index < -0.39 is 6.61 Å². The fourth-order valence-corrected chi connectivity index (χ4v) is 1.65. The molecule has 1 heterocycles. The molecule has 2 aromatic rings. The highest BCUT2D eigenvalue weighted by molar-refractivity contribution is 6.32. The molecule has 0 spiro atoms. The zero-order chi connectivity index (χ0) is 13.8. The van der Waals surface area contributed by atoms with E-state index in [1.165, 1.54) is 24.5 Å². The second-order valence-corrected chi connectivity index (χ2v) is 4.03. The summed E-state index contributed by atoms with van der Waals surface area (Å²) >= 11 is 5.77. The Balaban J connectivity index is 2.39. The van der Waals surface area contributed by atoms with E-state index in [-0.39, 0.29) is 17.3 Å². The molecular formula is C12H10ClF2N3O. The summed E-state index contributed by atoms with van der Waals surface area (Å²) in [7, 11) is 0. The van der Waals surface area contributed by atoms with E-state index in [1.54, 1.807) is 6.07 Å². The lowest BCUT2D eigenvalue weighted by Gasteiger charge is -2.09. The Labute approximate surface area is 113 Å². The van der Waals surface area contributed by atoms with Crippen LogP contribution in [0.4, 0.5) is 8.78 Å². The third-order valence-corrected chi connectivity index (χ3v) is 2.65. The Morgan fingerprint density at radius 2 is 2.11 bits per heavy atom. The van der Waals surface area contributed by atoms with Crippen molar-refractivity contribution in [1.29, 1.82) is 0 Å².